The maximum atomic E-state index is 11.4. The minimum absolute atomic E-state index is 0.108. The Hall–Kier alpha value is -3.10. The van der Waals surface area contributed by atoms with Crippen molar-refractivity contribution < 1.29 is 14.3 Å². The van der Waals surface area contributed by atoms with Crippen molar-refractivity contribution >= 4 is 17.7 Å². The number of piperazine rings is 1. The van der Waals surface area contributed by atoms with E-state index in [2.05, 4.69) is 25.4 Å². The van der Waals surface area contributed by atoms with Gasteiger partial charge in [-0.05, 0) is 17.7 Å². The number of hydrogen-bond acceptors (Lipinski definition) is 8. The van der Waals surface area contributed by atoms with E-state index in [1.165, 1.54) is 0 Å². The molecule has 0 bridgehead atoms. The van der Waals surface area contributed by atoms with Crippen LogP contribution in [0.5, 0.6) is 11.5 Å². The summed E-state index contributed by atoms with van der Waals surface area (Å²) in [7, 11) is 0. The van der Waals surface area contributed by atoms with Gasteiger partial charge in [0.15, 0.2) is 17.3 Å². The first-order valence-corrected chi connectivity index (χ1v) is 8.51. The van der Waals surface area contributed by atoms with Gasteiger partial charge < -0.3 is 24.6 Å². The highest BCUT2D eigenvalue weighted by Gasteiger charge is 2.20. The van der Waals surface area contributed by atoms with E-state index < -0.39 is 0 Å². The lowest BCUT2D eigenvalue weighted by Gasteiger charge is -2.34. The van der Waals surface area contributed by atoms with Gasteiger partial charge in [0.05, 0.1) is 6.20 Å². The van der Waals surface area contributed by atoms with Gasteiger partial charge in [-0.25, -0.2) is 0 Å². The van der Waals surface area contributed by atoms with Gasteiger partial charge in [-0.2, -0.15) is 10.1 Å². The van der Waals surface area contributed by atoms with Crippen LogP contribution in [-0.4, -0.2) is 59.0 Å². The molecule has 0 spiro atoms. The summed E-state index contributed by atoms with van der Waals surface area (Å²) < 4.78 is 10.7. The van der Waals surface area contributed by atoms with Crippen molar-refractivity contribution in [3.8, 4) is 11.5 Å². The molecule has 9 nitrogen and oxygen atoms in total. The van der Waals surface area contributed by atoms with Gasteiger partial charge in [0.2, 0.25) is 18.6 Å². The minimum Gasteiger partial charge on any atom is -0.454 e. The Bertz CT molecular complexity index is 807. The van der Waals surface area contributed by atoms with E-state index in [0.717, 1.165) is 36.0 Å². The monoisotopic (exact) mass is 356 g/mol. The zero-order valence-electron chi connectivity index (χ0n) is 14.5. The van der Waals surface area contributed by atoms with E-state index >= 15 is 0 Å². The molecule has 1 fully saturated rings. The number of carbonyl (C=O) groups is 1. The first-order chi connectivity index (χ1) is 12.7. The highest BCUT2D eigenvalue weighted by molar-refractivity contribution is 5.73. The smallest absolute Gasteiger partial charge is 0.244 e. The first-order valence-electron chi connectivity index (χ1n) is 8.51. The predicted molar refractivity (Wildman–Crippen MR) is 94.2 cm³/mol. The molecular weight excluding hydrogens is 336 g/mol. The fraction of sp³-hybridized carbons (Fsp3) is 0.412. The molecule has 2 aliphatic rings. The van der Waals surface area contributed by atoms with Crippen LogP contribution in [0, 0.1) is 0 Å². The number of anilines is 2. The second-order valence-corrected chi connectivity index (χ2v) is 6.17. The standard InChI is InChI=1S/C17H20N6O3/c1-12(24)22-4-6-23(7-5-22)16-10-19-21-17(20-16)18-9-13-2-3-14-15(8-13)26-11-25-14/h2-3,8,10H,4-7,9,11H2,1H3,(H,18,20,21). The lowest BCUT2D eigenvalue weighted by molar-refractivity contribution is -0.129. The average molecular weight is 356 g/mol. The summed E-state index contributed by atoms with van der Waals surface area (Å²) in [5, 5.41) is 11.3. The zero-order valence-corrected chi connectivity index (χ0v) is 14.5. The van der Waals surface area contributed by atoms with Crippen molar-refractivity contribution in [2.45, 2.75) is 13.5 Å². The fourth-order valence-corrected chi connectivity index (χ4v) is 3.00. The molecule has 2 aliphatic heterocycles. The minimum atomic E-state index is 0.108. The third-order valence-corrected chi connectivity index (χ3v) is 4.48. The van der Waals surface area contributed by atoms with Gasteiger partial charge >= 0.3 is 0 Å². The topological polar surface area (TPSA) is 92.7 Å². The molecule has 0 unspecified atom stereocenters. The summed E-state index contributed by atoms with van der Waals surface area (Å²) >= 11 is 0. The molecule has 1 saturated heterocycles. The number of aromatic nitrogens is 3. The van der Waals surface area contributed by atoms with E-state index in [1.54, 1.807) is 13.1 Å². The Morgan fingerprint density at radius 3 is 2.81 bits per heavy atom. The van der Waals surface area contributed by atoms with Crippen molar-refractivity contribution in [2.75, 3.05) is 43.2 Å². The quantitative estimate of drug-likeness (QED) is 0.863. The van der Waals surface area contributed by atoms with E-state index in [9.17, 15) is 4.79 Å². The Labute approximate surface area is 150 Å². The van der Waals surface area contributed by atoms with Crippen LogP contribution in [0.4, 0.5) is 11.8 Å². The molecule has 3 heterocycles. The molecular formula is C17H20N6O3. The Morgan fingerprint density at radius 2 is 2.00 bits per heavy atom. The number of benzene rings is 1. The van der Waals surface area contributed by atoms with Crippen molar-refractivity contribution in [1.29, 1.82) is 0 Å². The van der Waals surface area contributed by atoms with Crippen LogP contribution >= 0.6 is 0 Å². The molecule has 136 valence electrons. The Balaban J connectivity index is 1.38. The molecule has 1 N–H and O–H groups in total. The van der Waals surface area contributed by atoms with Crippen molar-refractivity contribution in [1.82, 2.24) is 20.1 Å². The summed E-state index contributed by atoms with van der Waals surface area (Å²) in [5.41, 5.74) is 1.04. The normalized spacial score (nSPS) is 15.9. The molecule has 26 heavy (non-hydrogen) atoms. The maximum Gasteiger partial charge on any atom is 0.244 e. The van der Waals surface area contributed by atoms with Crippen molar-refractivity contribution in [3.63, 3.8) is 0 Å². The number of ether oxygens (including phenoxy) is 2. The van der Waals surface area contributed by atoms with Gasteiger partial charge in [-0.15, -0.1) is 5.10 Å². The summed E-state index contributed by atoms with van der Waals surface area (Å²) in [6.07, 6.45) is 1.65. The van der Waals surface area contributed by atoms with Gasteiger partial charge in [0.1, 0.15) is 0 Å². The molecule has 1 aromatic carbocycles. The molecule has 0 radical (unpaired) electrons. The highest BCUT2D eigenvalue weighted by atomic mass is 16.7. The average Bonchev–Trinajstić information content (AvgIpc) is 3.14. The highest BCUT2D eigenvalue weighted by Crippen LogP contribution is 2.32. The molecule has 9 heteroatoms. The third kappa shape index (κ3) is 3.46. The summed E-state index contributed by atoms with van der Waals surface area (Å²) in [6.45, 7) is 5.27. The van der Waals surface area contributed by atoms with Crippen LogP contribution in [0.2, 0.25) is 0 Å². The lowest BCUT2D eigenvalue weighted by atomic mass is 10.2. The molecule has 0 atom stereocenters. The number of amides is 1. The predicted octanol–water partition coefficient (Wildman–Crippen LogP) is 0.881. The molecule has 1 aromatic heterocycles. The zero-order chi connectivity index (χ0) is 17.9. The van der Waals surface area contributed by atoms with Gasteiger partial charge in [-0.3, -0.25) is 4.79 Å². The number of nitrogens with one attached hydrogen (secondary N) is 1. The molecule has 0 saturated carbocycles. The summed E-state index contributed by atoms with van der Waals surface area (Å²) in [4.78, 5) is 19.9. The fourth-order valence-electron chi connectivity index (χ4n) is 3.00. The summed E-state index contributed by atoms with van der Waals surface area (Å²) in [5.74, 6) is 2.85. The molecule has 2 aromatic rings. The van der Waals surface area contributed by atoms with E-state index in [-0.39, 0.29) is 12.7 Å². The third-order valence-electron chi connectivity index (χ3n) is 4.48. The van der Waals surface area contributed by atoms with Gasteiger partial charge in [-0.1, -0.05) is 6.07 Å². The van der Waals surface area contributed by atoms with E-state index in [1.807, 2.05) is 23.1 Å². The van der Waals surface area contributed by atoms with Crippen LogP contribution in [-0.2, 0) is 11.3 Å². The number of carbonyl (C=O) groups excluding carboxylic acids is 1. The summed E-state index contributed by atoms with van der Waals surface area (Å²) in [6, 6.07) is 5.80. The van der Waals surface area contributed by atoms with Crippen LogP contribution in [0.1, 0.15) is 12.5 Å². The van der Waals surface area contributed by atoms with Crippen LogP contribution in [0.25, 0.3) is 0 Å². The SMILES string of the molecule is CC(=O)N1CCN(c2cnnc(NCc3ccc4c(c3)OCO4)n2)CC1. The van der Waals surface area contributed by atoms with Crippen molar-refractivity contribution in [2.24, 2.45) is 0 Å². The largest absolute Gasteiger partial charge is 0.454 e. The maximum absolute atomic E-state index is 11.4. The number of nitrogens with zero attached hydrogens (tertiary/aromatic N) is 5. The molecule has 0 aliphatic carbocycles. The number of fused-ring (bicyclic) bond motifs is 1. The first kappa shape index (κ1) is 16.4. The van der Waals surface area contributed by atoms with Crippen LogP contribution < -0.4 is 19.7 Å². The van der Waals surface area contributed by atoms with Gasteiger partial charge in [0.25, 0.3) is 0 Å². The Morgan fingerprint density at radius 1 is 1.19 bits per heavy atom. The second kappa shape index (κ2) is 7.03. The lowest BCUT2D eigenvalue weighted by Crippen LogP contribution is -2.48. The van der Waals surface area contributed by atoms with Gasteiger partial charge in [0, 0.05) is 39.6 Å². The molecule has 4 rings (SSSR count). The van der Waals surface area contributed by atoms with E-state index in [4.69, 9.17) is 9.47 Å². The van der Waals surface area contributed by atoms with E-state index in [0.29, 0.717) is 25.6 Å². The molecule has 1 amide bonds. The van der Waals surface area contributed by atoms with Crippen LogP contribution in [0.15, 0.2) is 24.4 Å². The number of rotatable bonds is 4. The van der Waals surface area contributed by atoms with Crippen LogP contribution in [0.3, 0.4) is 0 Å². The Kier molecular flexibility index (Phi) is 4.42. The second-order valence-electron chi connectivity index (χ2n) is 6.17. The number of hydrogen-bond donors (Lipinski definition) is 1. The van der Waals surface area contributed by atoms with Crippen molar-refractivity contribution in [3.05, 3.63) is 30.0 Å².